The van der Waals surface area contributed by atoms with Crippen molar-refractivity contribution in [1.29, 1.82) is 5.26 Å². The molecule has 8 heteroatoms. The molecule has 3 aromatic rings. The Kier molecular flexibility index (Phi) is 5.18. The number of aliphatic hydroxyl groups excluding tert-OH is 1. The minimum Gasteiger partial charge on any atom is -0.507 e. The number of para-hydroxylation sites is 2. The molecule has 150 valence electrons. The van der Waals surface area contributed by atoms with Crippen molar-refractivity contribution in [2.24, 2.45) is 0 Å². The summed E-state index contributed by atoms with van der Waals surface area (Å²) in [5.41, 5.74) is 2.29. The third-order valence-corrected chi connectivity index (χ3v) is 4.85. The SMILES string of the molecule is N#C/C(=C(/O)COC(=O)c1ccc(N2CCCC2=O)cc1)c1nc2ccccc2[nH]1. The number of benzene rings is 2. The first-order valence-corrected chi connectivity index (χ1v) is 9.41. The Bertz CT molecular complexity index is 1150. The molecule has 1 aliphatic heterocycles. The number of hydrogen-bond acceptors (Lipinski definition) is 6. The molecule has 0 aliphatic carbocycles. The van der Waals surface area contributed by atoms with Crippen molar-refractivity contribution in [1.82, 2.24) is 9.97 Å². The number of hydrogen-bond donors (Lipinski definition) is 2. The van der Waals surface area contributed by atoms with Crippen LogP contribution >= 0.6 is 0 Å². The monoisotopic (exact) mass is 402 g/mol. The van der Waals surface area contributed by atoms with Crippen LogP contribution in [-0.4, -0.2) is 40.1 Å². The van der Waals surface area contributed by atoms with Crippen molar-refractivity contribution < 1.29 is 19.4 Å². The van der Waals surface area contributed by atoms with Crippen molar-refractivity contribution in [2.75, 3.05) is 18.1 Å². The highest BCUT2D eigenvalue weighted by atomic mass is 16.5. The summed E-state index contributed by atoms with van der Waals surface area (Å²) < 4.78 is 5.13. The molecule has 2 heterocycles. The van der Waals surface area contributed by atoms with Crippen LogP contribution < -0.4 is 4.90 Å². The zero-order valence-corrected chi connectivity index (χ0v) is 16.0. The summed E-state index contributed by atoms with van der Waals surface area (Å²) in [6, 6.07) is 15.6. The number of H-pyrrole nitrogens is 1. The summed E-state index contributed by atoms with van der Waals surface area (Å²) >= 11 is 0. The number of fused-ring (bicyclic) bond motifs is 1. The second kappa shape index (κ2) is 8.09. The van der Waals surface area contributed by atoms with Crippen molar-refractivity contribution in [2.45, 2.75) is 12.8 Å². The summed E-state index contributed by atoms with van der Waals surface area (Å²) in [7, 11) is 0. The number of aromatic amines is 1. The van der Waals surface area contributed by atoms with Crippen LogP contribution in [-0.2, 0) is 9.53 Å². The second-order valence-electron chi connectivity index (χ2n) is 6.81. The molecule has 2 N–H and O–H groups in total. The van der Waals surface area contributed by atoms with Crippen LogP contribution in [0.5, 0.6) is 0 Å². The number of esters is 1. The lowest BCUT2D eigenvalue weighted by Crippen LogP contribution is -2.23. The lowest BCUT2D eigenvalue weighted by atomic mass is 10.2. The highest BCUT2D eigenvalue weighted by Gasteiger charge is 2.22. The van der Waals surface area contributed by atoms with Gasteiger partial charge in [-0.3, -0.25) is 4.79 Å². The highest BCUT2D eigenvalue weighted by Crippen LogP contribution is 2.22. The average molecular weight is 402 g/mol. The number of aromatic nitrogens is 2. The third kappa shape index (κ3) is 3.73. The van der Waals surface area contributed by atoms with Gasteiger partial charge in [-0.1, -0.05) is 12.1 Å². The molecule has 0 bridgehead atoms. The van der Waals surface area contributed by atoms with Crippen molar-refractivity contribution in [3.8, 4) is 6.07 Å². The standard InChI is InChI=1S/C22H18N4O4/c23-12-16(21-24-17-4-1-2-5-18(17)25-21)19(27)13-30-22(29)14-7-9-15(10-8-14)26-11-3-6-20(26)28/h1-2,4-5,7-10,27H,3,6,11,13H2,(H,24,25)/b19-16-. The lowest BCUT2D eigenvalue weighted by molar-refractivity contribution is -0.117. The van der Waals surface area contributed by atoms with E-state index in [0.29, 0.717) is 18.5 Å². The van der Waals surface area contributed by atoms with Crippen molar-refractivity contribution >= 4 is 34.2 Å². The molecule has 8 nitrogen and oxygen atoms in total. The van der Waals surface area contributed by atoms with E-state index in [9.17, 15) is 20.0 Å². The summed E-state index contributed by atoms with van der Waals surface area (Å²) in [5, 5.41) is 19.7. The van der Waals surface area contributed by atoms with E-state index in [2.05, 4.69) is 9.97 Å². The average Bonchev–Trinajstić information content (AvgIpc) is 3.38. The highest BCUT2D eigenvalue weighted by molar-refractivity contribution is 5.96. The van der Waals surface area contributed by atoms with Gasteiger partial charge in [-0.15, -0.1) is 0 Å². The summed E-state index contributed by atoms with van der Waals surface area (Å²) in [6.45, 7) is 0.200. The molecular weight excluding hydrogens is 384 g/mol. The number of aliphatic hydroxyl groups is 1. The van der Waals surface area contributed by atoms with Crippen LogP contribution in [0.3, 0.4) is 0 Å². The van der Waals surface area contributed by atoms with E-state index in [-0.39, 0.29) is 22.9 Å². The van der Waals surface area contributed by atoms with Crippen LogP contribution in [0, 0.1) is 11.3 Å². The molecule has 2 aromatic carbocycles. The van der Waals surface area contributed by atoms with Gasteiger partial charge in [0.05, 0.1) is 16.6 Å². The molecule has 0 unspecified atom stereocenters. The van der Waals surface area contributed by atoms with E-state index in [0.717, 1.165) is 17.6 Å². The first-order chi connectivity index (χ1) is 14.6. The number of nitrogens with zero attached hydrogens (tertiary/aromatic N) is 3. The molecule has 1 fully saturated rings. The Labute approximate surface area is 172 Å². The molecule has 1 aromatic heterocycles. The molecule has 30 heavy (non-hydrogen) atoms. The normalized spacial score (nSPS) is 14.5. The second-order valence-corrected chi connectivity index (χ2v) is 6.81. The quantitative estimate of drug-likeness (QED) is 0.384. The maximum Gasteiger partial charge on any atom is 0.338 e. The number of nitrogens with one attached hydrogen (secondary N) is 1. The Morgan fingerprint density at radius 1 is 1.23 bits per heavy atom. The van der Waals surface area contributed by atoms with E-state index in [1.54, 1.807) is 41.3 Å². The predicted octanol–water partition coefficient (Wildman–Crippen LogP) is 3.34. The zero-order valence-electron chi connectivity index (χ0n) is 16.0. The number of ether oxygens (including phenoxy) is 1. The van der Waals surface area contributed by atoms with Crippen LogP contribution in [0.15, 0.2) is 54.3 Å². The first-order valence-electron chi connectivity index (χ1n) is 9.41. The van der Waals surface area contributed by atoms with E-state index in [4.69, 9.17) is 4.74 Å². The smallest absolute Gasteiger partial charge is 0.338 e. The van der Waals surface area contributed by atoms with Gasteiger partial charge in [0.2, 0.25) is 5.91 Å². The zero-order chi connectivity index (χ0) is 21.1. The fraction of sp³-hybridized carbons (Fsp3) is 0.182. The van der Waals surface area contributed by atoms with Gasteiger partial charge in [0.15, 0.2) is 11.6 Å². The van der Waals surface area contributed by atoms with Gasteiger partial charge in [-0.25, -0.2) is 9.78 Å². The fourth-order valence-electron chi connectivity index (χ4n) is 3.31. The molecule has 0 spiro atoms. The van der Waals surface area contributed by atoms with E-state index in [1.807, 2.05) is 18.2 Å². The van der Waals surface area contributed by atoms with Crippen molar-refractivity contribution in [3.63, 3.8) is 0 Å². The molecule has 4 rings (SSSR count). The Morgan fingerprint density at radius 3 is 2.67 bits per heavy atom. The number of amides is 1. The number of anilines is 1. The Hall–Kier alpha value is -4.12. The first kappa shape index (κ1) is 19.2. The van der Waals surface area contributed by atoms with Gasteiger partial charge < -0.3 is 19.7 Å². The summed E-state index contributed by atoms with van der Waals surface area (Å²) in [5.74, 6) is -0.783. The predicted molar refractivity (Wildman–Crippen MR) is 110 cm³/mol. The summed E-state index contributed by atoms with van der Waals surface area (Å²) in [6.07, 6.45) is 1.35. The molecule has 0 saturated carbocycles. The molecule has 1 amide bonds. The third-order valence-electron chi connectivity index (χ3n) is 4.85. The number of carbonyl (C=O) groups excluding carboxylic acids is 2. The molecular formula is C22H18N4O4. The fourth-order valence-corrected chi connectivity index (χ4v) is 3.31. The molecule has 1 saturated heterocycles. The van der Waals surface area contributed by atoms with Crippen LogP contribution in [0.4, 0.5) is 5.69 Å². The number of rotatable bonds is 5. The van der Waals surface area contributed by atoms with Gasteiger partial charge in [-0.05, 0) is 42.8 Å². The van der Waals surface area contributed by atoms with Gasteiger partial charge in [-0.2, -0.15) is 5.26 Å². The maximum atomic E-state index is 12.3. The number of allylic oxidation sites excluding steroid dienone is 1. The maximum absolute atomic E-state index is 12.3. The minimum atomic E-state index is -0.650. The topological polar surface area (TPSA) is 119 Å². The lowest BCUT2D eigenvalue weighted by Gasteiger charge is -2.15. The number of nitriles is 1. The Balaban J connectivity index is 1.45. The minimum absolute atomic E-state index is 0.0648. The van der Waals surface area contributed by atoms with Crippen LogP contribution in [0.25, 0.3) is 16.6 Å². The molecule has 0 atom stereocenters. The summed E-state index contributed by atoms with van der Waals surface area (Å²) in [4.78, 5) is 33.0. The van der Waals surface area contributed by atoms with Gasteiger partial charge >= 0.3 is 5.97 Å². The number of imidazole rings is 1. The van der Waals surface area contributed by atoms with E-state index < -0.39 is 18.3 Å². The van der Waals surface area contributed by atoms with Crippen LogP contribution in [0.1, 0.15) is 29.0 Å². The van der Waals surface area contributed by atoms with E-state index >= 15 is 0 Å². The van der Waals surface area contributed by atoms with Gasteiger partial charge in [0, 0.05) is 18.7 Å². The van der Waals surface area contributed by atoms with Gasteiger partial charge in [0.25, 0.3) is 0 Å². The largest absolute Gasteiger partial charge is 0.507 e. The van der Waals surface area contributed by atoms with Crippen LogP contribution in [0.2, 0.25) is 0 Å². The molecule has 1 aliphatic rings. The molecule has 0 radical (unpaired) electrons. The van der Waals surface area contributed by atoms with Crippen molar-refractivity contribution in [3.05, 3.63) is 65.7 Å². The number of carbonyl (C=O) groups is 2. The van der Waals surface area contributed by atoms with Gasteiger partial charge in [0.1, 0.15) is 18.2 Å². The Morgan fingerprint density at radius 2 is 2.00 bits per heavy atom. The van der Waals surface area contributed by atoms with E-state index in [1.165, 1.54) is 0 Å².